The smallest absolute Gasteiger partial charge is 0.308 e. The number of imidazole rings is 1. The van der Waals surface area contributed by atoms with Crippen LogP contribution in [0.15, 0.2) is 6.20 Å². The third kappa shape index (κ3) is 6.09. The van der Waals surface area contributed by atoms with Crippen molar-refractivity contribution >= 4 is 36.7 Å². The minimum Gasteiger partial charge on any atom is -0.469 e. The first-order chi connectivity index (χ1) is 12.6. The van der Waals surface area contributed by atoms with Gasteiger partial charge in [-0.15, -0.1) is 24.8 Å². The van der Waals surface area contributed by atoms with E-state index in [1.807, 2.05) is 0 Å². The summed E-state index contributed by atoms with van der Waals surface area (Å²) in [7, 11) is 1.46. The summed E-state index contributed by atoms with van der Waals surface area (Å²) in [6.45, 7) is 2.02. The number of hydrogen-bond acceptors (Lipinski definition) is 5. The van der Waals surface area contributed by atoms with Crippen LogP contribution < -0.4 is 11.1 Å². The zero-order chi connectivity index (χ0) is 18.5. The third-order valence-corrected chi connectivity index (χ3v) is 5.80. The number of esters is 1. The van der Waals surface area contributed by atoms with E-state index in [0.717, 1.165) is 63.1 Å². The number of carbonyl (C=O) groups is 2. The van der Waals surface area contributed by atoms with Gasteiger partial charge in [-0.25, -0.2) is 4.98 Å². The number of amides is 1. The normalized spacial score (nSPS) is 22.6. The van der Waals surface area contributed by atoms with Gasteiger partial charge in [-0.3, -0.25) is 9.59 Å². The molecule has 1 amide bonds. The summed E-state index contributed by atoms with van der Waals surface area (Å²) >= 11 is 0. The highest BCUT2D eigenvalue weighted by atomic mass is 35.5. The second-order valence-electron chi connectivity index (χ2n) is 7.51. The molecule has 0 bridgehead atoms. The molecule has 0 atom stereocenters. The number of nitrogens with zero attached hydrogens (tertiary/aromatic N) is 2. The summed E-state index contributed by atoms with van der Waals surface area (Å²) in [6.07, 6.45) is 8.89. The number of primary amides is 1. The van der Waals surface area contributed by atoms with Gasteiger partial charge < -0.3 is 20.4 Å². The van der Waals surface area contributed by atoms with Crippen LogP contribution in [0.25, 0.3) is 0 Å². The molecule has 0 radical (unpaired) electrons. The number of nitrogens with one attached hydrogen (secondary N) is 1. The molecule has 160 valence electrons. The van der Waals surface area contributed by atoms with Crippen LogP contribution in [0.2, 0.25) is 0 Å². The Morgan fingerprint density at radius 1 is 1.18 bits per heavy atom. The number of nitrogens with two attached hydrogens (primary N) is 1. The Morgan fingerprint density at radius 3 is 2.39 bits per heavy atom. The Labute approximate surface area is 179 Å². The summed E-state index contributed by atoms with van der Waals surface area (Å²) in [5, 5.41) is 3.39. The van der Waals surface area contributed by atoms with E-state index >= 15 is 0 Å². The molecular weight excluding hydrogens is 403 g/mol. The van der Waals surface area contributed by atoms with Gasteiger partial charge in [0.2, 0.25) is 5.91 Å². The predicted molar refractivity (Wildman–Crippen MR) is 112 cm³/mol. The van der Waals surface area contributed by atoms with Crippen molar-refractivity contribution in [3.05, 3.63) is 17.7 Å². The van der Waals surface area contributed by atoms with Gasteiger partial charge in [-0.05, 0) is 51.6 Å². The number of aryl methyl sites for hydroxylation is 1. The second kappa shape index (κ2) is 11.6. The second-order valence-corrected chi connectivity index (χ2v) is 7.51. The minimum atomic E-state index is -0.287. The van der Waals surface area contributed by atoms with E-state index in [2.05, 4.69) is 16.1 Å². The molecule has 1 aliphatic carbocycles. The van der Waals surface area contributed by atoms with Crippen molar-refractivity contribution in [3.8, 4) is 0 Å². The zero-order valence-corrected chi connectivity index (χ0v) is 18.0. The first-order valence-corrected chi connectivity index (χ1v) is 9.73. The number of piperidine rings is 1. The fourth-order valence-electron chi connectivity index (χ4n) is 4.26. The third-order valence-electron chi connectivity index (χ3n) is 5.80. The largest absolute Gasteiger partial charge is 0.469 e. The van der Waals surface area contributed by atoms with E-state index in [1.54, 1.807) is 0 Å². The Kier molecular flexibility index (Phi) is 10.3. The van der Waals surface area contributed by atoms with Crippen molar-refractivity contribution in [3.63, 3.8) is 0 Å². The first kappa shape index (κ1) is 24.7. The Morgan fingerprint density at radius 2 is 1.82 bits per heavy atom. The summed E-state index contributed by atoms with van der Waals surface area (Å²) in [4.78, 5) is 27.9. The highest BCUT2D eigenvalue weighted by molar-refractivity contribution is 5.85. The molecule has 1 aromatic rings. The van der Waals surface area contributed by atoms with Gasteiger partial charge in [0.25, 0.3) is 0 Å². The van der Waals surface area contributed by atoms with Gasteiger partial charge in [0, 0.05) is 31.0 Å². The van der Waals surface area contributed by atoms with Gasteiger partial charge in [0.05, 0.1) is 18.7 Å². The van der Waals surface area contributed by atoms with Gasteiger partial charge >= 0.3 is 5.97 Å². The number of hydrogen-bond donors (Lipinski definition) is 2. The molecule has 2 fully saturated rings. The van der Waals surface area contributed by atoms with Crippen molar-refractivity contribution in [2.45, 2.75) is 63.3 Å². The zero-order valence-electron chi connectivity index (χ0n) is 16.4. The fourth-order valence-corrected chi connectivity index (χ4v) is 4.26. The summed E-state index contributed by atoms with van der Waals surface area (Å²) in [5.74, 6) is 1.000. The molecule has 0 unspecified atom stereocenters. The number of rotatable bonds is 6. The molecule has 7 nitrogen and oxygen atoms in total. The van der Waals surface area contributed by atoms with Gasteiger partial charge in [-0.2, -0.15) is 0 Å². The lowest BCUT2D eigenvalue weighted by Gasteiger charge is -2.26. The summed E-state index contributed by atoms with van der Waals surface area (Å²) in [6, 6.07) is 0.437. The van der Waals surface area contributed by atoms with Crippen molar-refractivity contribution in [1.82, 2.24) is 14.9 Å². The molecule has 9 heteroatoms. The molecular formula is C19H32Cl2N4O3. The monoisotopic (exact) mass is 434 g/mol. The summed E-state index contributed by atoms with van der Waals surface area (Å²) in [5.41, 5.74) is 6.45. The molecule has 2 heterocycles. The van der Waals surface area contributed by atoms with Gasteiger partial charge in [-0.1, -0.05) is 0 Å². The van der Waals surface area contributed by atoms with Gasteiger partial charge in [0.15, 0.2) is 0 Å². The predicted octanol–water partition coefficient (Wildman–Crippen LogP) is 2.52. The van der Waals surface area contributed by atoms with E-state index in [9.17, 15) is 9.59 Å². The van der Waals surface area contributed by atoms with Crippen LogP contribution in [0.4, 0.5) is 0 Å². The average Bonchev–Trinajstić information content (AvgIpc) is 3.11. The van der Waals surface area contributed by atoms with Crippen LogP contribution in [0.5, 0.6) is 0 Å². The van der Waals surface area contributed by atoms with E-state index in [4.69, 9.17) is 15.5 Å². The lowest BCUT2D eigenvalue weighted by atomic mass is 9.81. The maximum atomic E-state index is 11.7. The maximum absolute atomic E-state index is 11.7. The van der Waals surface area contributed by atoms with Crippen molar-refractivity contribution in [2.24, 2.45) is 11.7 Å². The number of halogens is 2. The number of ether oxygens (including phenoxy) is 1. The van der Waals surface area contributed by atoms with E-state index in [0.29, 0.717) is 24.8 Å². The highest BCUT2D eigenvalue weighted by Gasteiger charge is 2.30. The van der Waals surface area contributed by atoms with Crippen LogP contribution in [0.3, 0.4) is 0 Å². The minimum absolute atomic E-state index is 0. The van der Waals surface area contributed by atoms with Crippen molar-refractivity contribution in [2.75, 3.05) is 20.2 Å². The number of carbonyl (C=O) groups excluding carboxylic acids is 2. The molecule has 1 aliphatic heterocycles. The Bertz CT molecular complexity index is 639. The van der Waals surface area contributed by atoms with Gasteiger partial charge in [0.1, 0.15) is 5.82 Å². The SMILES string of the molecule is COC(=O)[C@H]1CC[C@H](c2cn(C3CCNCC3)c(CCC(N)=O)n2)CC1.Cl.Cl. The lowest BCUT2D eigenvalue weighted by molar-refractivity contribution is -0.146. The lowest BCUT2D eigenvalue weighted by Crippen LogP contribution is -2.30. The molecule has 0 spiro atoms. The van der Waals surface area contributed by atoms with E-state index in [1.165, 1.54) is 7.11 Å². The molecule has 3 rings (SSSR count). The maximum Gasteiger partial charge on any atom is 0.308 e. The van der Waals surface area contributed by atoms with E-state index < -0.39 is 0 Å². The average molecular weight is 435 g/mol. The van der Waals surface area contributed by atoms with E-state index in [-0.39, 0.29) is 42.6 Å². The van der Waals surface area contributed by atoms with Crippen LogP contribution >= 0.6 is 24.8 Å². The number of aromatic nitrogens is 2. The molecule has 2 aliphatic rings. The van der Waals surface area contributed by atoms with Crippen molar-refractivity contribution < 1.29 is 14.3 Å². The molecule has 3 N–H and O–H groups in total. The Hall–Kier alpha value is -1.31. The standard InChI is InChI=1S/C19H30N4O3.2ClH/c1-26-19(25)14-4-2-13(3-5-14)16-12-23(15-8-10-21-11-9-15)18(22-16)7-6-17(20)24;;/h12-15,21H,2-11H2,1H3,(H2,20,24);2*1H/t13-,14-;;. The molecule has 1 aromatic heterocycles. The number of methoxy groups -OCH3 is 1. The molecule has 1 saturated carbocycles. The Balaban J connectivity index is 0.00000196. The van der Waals surface area contributed by atoms with Crippen LogP contribution in [0.1, 0.15) is 68.4 Å². The van der Waals surface area contributed by atoms with Crippen LogP contribution in [-0.4, -0.2) is 41.6 Å². The highest BCUT2D eigenvalue weighted by Crippen LogP contribution is 2.36. The fraction of sp³-hybridized carbons (Fsp3) is 0.737. The van der Waals surface area contributed by atoms with Crippen LogP contribution in [-0.2, 0) is 20.7 Å². The molecule has 1 saturated heterocycles. The quantitative estimate of drug-likeness (QED) is 0.669. The molecule has 28 heavy (non-hydrogen) atoms. The van der Waals surface area contributed by atoms with Crippen LogP contribution in [0, 0.1) is 5.92 Å². The molecule has 0 aromatic carbocycles. The summed E-state index contributed by atoms with van der Waals surface area (Å²) < 4.78 is 7.16. The first-order valence-electron chi connectivity index (χ1n) is 9.73. The van der Waals surface area contributed by atoms with Crippen molar-refractivity contribution in [1.29, 1.82) is 0 Å². The topological polar surface area (TPSA) is 99.2 Å².